The molecule has 25 heavy (non-hydrogen) atoms. The van der Waals surface area contributed by atoms with E-state index in [1.807, 2.05) is 6.07 Å². The van der Waals surface area contributed by atoms with Gasteiger partial charge >= 0.3 is 29.6 Å². The summed E-state index contributed by atoms with van der Waals surface area (Å²) in [6.45, 7) is 2.15. The van der Waals surface area contributed by atoms with Gasteiger partial charge in [-0.05, 0) is 36.6 Å². The number of unbranched alkanes of at least 4 members (excludes halogenated alkanes) is 3. The molecule has 1 N–H and O–H groups in total. The van der Waals surface area contributed by atoms with E-state index in [-0.39, 0.29) is 35.3 Å². The van der Waals surface area contributed by atoms with E-state index in [0.717, 1.165) is 30.9 Å². The SMILES string of the molecule is CCCCCCc1cccc(Oc2c([O-])cccc2S(=O)(=O)O)c1.[Na+]. The summed E-state index contributed by atoms with van der Waals surface area (Å²) < 4.78 is 37.5. The molecule has 0 radical (unpaired) electrons. The maximum atomic E-state index is 11.9. The van der Waals surface area contributed by atoms with Gasteiger partial charge < -0.3 is 9.84 Å². The fourth-order valence-corrected chi connectivity index (χ4v) is 3.06. The molecule has 130 valence electrons. The molecular formula is C18H21NaO5S. The molecule has 0 heterocycles. The van der Waals surface area contributed by atoms with Crippen LogP contribution >= 0.6 is 0 Å². The molecule has 0 saturated carbocycles. The van der Waals surface area contributed by atoms with E-state index in [0.29, 0.717) is 5.75 Å². The van der Waals surface area contributed by atoms with Gasteiger partial charge in [-0.3, -0.25) is 4.55 Å². The fraction of sp³-hybridized carbons (Fsp3) is 0.333. The minimum atomic E-state index is -4.53. The van der Waals surface area contributed by atoms with Crippen molar-refractivity contribution >= 4 is 10.1 Å². The molecule has 0 aliphatic rings. The van der Waals surface area contributed by atoms with Crippen molar-refractivity contribution in [3.8, 4) is 17.2 Å². The molecule has 2 aromatic carbocycles. The summed E-state index contributed by atoms with van der Waals surface area (Å²) in [5.74, 6) is -0.613. The van der Waals surface area contributed by atoms with Crippen molar-refractivity contribution in [3.05, 3.63) is 48.0 Å². The second-order valence-electron chi connectivity index (χ2n) is 5.62. The largest absolute Gasteiger partial charge is 1.00 e. The van der Waals surface area contributed by atoms with Gasteiger partial charge in [-0.1, -0.05) is 56.2 Å². The molecule has 0 aromatic heterocycles. The average Bonchev–Trinajstić information content (AvgIpc) is 2.53. The average molecular weight is 372 g/mol. The molecule has 0 fully saturated rings. The third kappa shape index (κ3) is 6.64. The van der Waals surface area contributed by atoms with Crippen LogP contribution in [0.3, 0.4) is 0 Å². The van der Waals surface area contributed by atoms with E-state index >= 15 is 0 Å². The van der Waals surface area contributed by atoms with Gasteiger partial charge in [0, 0.05) is 0 Å². The molecule has 0 amide bonds. The Morgan fingerprint density at radius 1 is 1.08 bits per heavy atom. The van der Waals surface area contributed by atoms with Crippen LogP contribution in [0, 0.1) is 0 Å². The zero-order valence-electron chi connectivity index (χ0n) is 14.6. The Bertz CT molecular complexity index is 790. The predicted octanol–water partition coefficient (Wildman–Crippen LogP) is 0.926. The maximum absolute atomic E-state index is 11.9. The zero-order chi connectivity index (χ0) is 17.6. The van der Waals surface area contributed by atoms with Crippen LogP contribution in [0.2, 0.25) is 0 Å². The van der Waals surface area contributed by atoms with Gasteiger partial charge in [-0.25, -0.2) is 0 Å². The monoisotopic (exact) mass is 372 g/mol. The summed E-state index contributed by atoms with van der Waals surface area (Å²) in [6.07, 6.45) is 5.46. The first-order chi connectivity index (χ1) is 11.4. The van der Waals surface area contributed by atoms with Crippen LogP contribution in [-0.4, -0.2) is 13.0 Å². The third-order valence-electron chi connectivity index (χ3n) is 3.66. The molecule has 0 aliphatic heterocycles. The second-order valence-corrected chi connectivity index (χ2v) is 7.01. The normalized spacial score (nSPS) is 11.0. The number of ether oxygens (including phenoxy) is 1. The second kappa shape index (κ2) is 10.2. The van der Waals surface area contributed by atoms with Crippen molar-refractivity contribution in [3.63, 3.8) is 0 Å². The van der Waals surface area contributed by atoms with Crippen molar-refractivity contribution in [2.75, 3.05) is 0 Å². The van der Waals surface area contributed by atoms with Crippen LogP contribution in [-0.2, 0) is 16.5 Å². The van der Waals surface area contributed by atoms with E-state index in [2.05, 4.69) is 6.92 Å². The Morgan fingerprint density at radius 2 is 1.80 bits per heavy atom. The van der Waals surface area contributed by atoms with Crippen molar-refractivity contribution in [2.45, 2.75) is 43.9 Å². The van der Waals surface area contributed by atoms with Crippen LogP contribution in [0.15, 0.2) is 47.4 Å². The smallest absolute Gasteiger partial charge is 0.870 e. The zero-order valence-corrected chi connectivity index (χ0v) is 17.4. The first-order valence-electron chi connectivity index (χ1n) is 7.96. The summed E-state index contributed by atoms with van der Waals surface area (Å²) in [7, 11) is -4.53. The molecule has 0 bridgehead atoms. The van der Waals surface area contributed by atoms with Gasteiger partial charge in [0.1, 0.15) is 16.4 Å². The Labute approximate surface area is 171 Å². The van der Waals surface area contributed by atoms with Gasteiger partial charge in [-0.2, -0.15) is 8.42 Å². The summed E-state index contributed by atoms with van der Waals surface area (Å²) in [4.78, 5) is -0.525. The molecule has 0 unspecified atom stereocenters. The van der Waals surface area contributed by atoms with Gasteiger partial charge in [0.2, 0.25) is 0 Å². The standard InChI is InChI=1S/C18H22O5S.Na/c1-2-3-4-5-8-14-9-6-10-15(13-14)23-18-16(19)11-7-12-17(18)24(20,21)22;/h6-7,9-13,19H,2-5,8H2,1H3,(H,20,21,22);/q;+1/p-1. The first-order valence-corrected chi connectivity index (χ1v) is 9.40. The molecular weight excluding hydrogens is 351 g/mol. The Hall–Kier alpha value is -1.05. The van der Waals surface area contributed by atoms with Crippen LogP contribution < -0.4 is 39.4 Å². The molecule has 0 aliphatic carbocycles. The topological polar surface area (TPSA) is 86.7 Å². The van der Waals surface area contributed by atoms with Crippen LogP contribution in [0.25, 0.3) is 0 Å². The molecule has 7 heteroatoms. The van der Waals surface area contributed by atoms with Crippen LogP contribution in [0.5, 0.6) is 17.2 Å². The van der Waals surface area contributed by atoms with Crippen molar-refractivity contribution in [1.82, 2.24) is 0 Å². The fourth-order valence-electron chi connectivity index (χ4n) is 2.44. The predicted molar refractivity (Wildman–Crippen MR) is 90.1 cm³/mol. The van der Waals surface area contributed by atoms with Crippen molar-refractivity contribution < 1.29 is 52.4 Å². The third-order valence-corrected chi connectivity index (χ3v) is 4.54. The minimum absolute atomic E-state index is 0. The number of aryl methyl sites for hydroxylation is 1. The van der Waals surface area contributed by atoms with E-state index < -0.39 is 20.8 Å². The maximum Gasteiger partial charge on any atom is 1.00 e. The summed E-state index contributed by atoms with van der Waals surface area (Å²) in [5, 5.41) is 11.9. The van der Waals surface area contributed by atoms with Gasteiger partial charge in [0.25, 0.3) is 10.1 Å². The molecule has 0 atom stereocenters. The summed E-state index contributed by atoms with van der Waals surface area (Å²) in [5.41, 5.74) is 1.06. The van der Waals surface area contributed by atoms with E-state index in [1.54, 1.807) is 18.2 Å². The van der Waals surface area contributed by atoms with Gasteiger partial charge in [0.15, 0.2) is 0 Å². The molecule has 5 nitrogen and oxygen atoms in total. The van der Waals surface area contributed by atoms with Crippen LogP contribution in [0.4, 0.5) is 0 Å². The molecule has 0 saturated heterocycles. The summed E-state index contributed by atoms with van der Waals surface area (Å²) >= 11 is 0. The van der Waals surface area contributed by atoms with E-state index in [4.69, 9.17) is 4.74 Å². The van der Waals surface area contributed by atoms with Crippen molar-refractivity contribution in [2.24, 2.45) is 0 Å². The number of hydrogen-bond donors (Lipinski definition) is 1. The number of benzene rings is 2. The Balaban J connectivity index is 0.00000312. The Kier molecular flexibility index (Phi) is 8.96. The van der Waals surface area contributed by atoms with E-state index in [9.17, 15) is 18.1 Å². The molecule has 2 rings (SSSR count). The van der Waals surface area contributed by atoms with Crippen molar-refractivity contribution in [1.29, 1.82) is 0 Å². The number of hydrogen-bond acceptors (Lipinski definition) is 4. The first kappa shape index (κ1) is 22.0. The quantitative estimate of drug-likeness (QED) is 0.423. The van der Waals surface area contributed by atoms with Crippen LogP contribution in [0.1, 0.15) is 38.2 Å². The van der Waals surface area contributed by atoms with Gasteiger partial charge in [-0.15, -0.1) is 0 Å². The summed E-state index contributed by atoms with van der Waals surface area (Å²) in [6, 6.07) is 10.8. The minimum Gasteiger partial charge on any atom is -0.870 e. The van der Waals surface area contributed by atoms with E-state index in [1.165, 1.54) is 25.0 Å². The number of para-hydroxylation sites is 1. The Morgan fingerprint density at radius 3 is 2.48 bits per heavy atom. The number of rotatable bonds is 8. The molecule has 0 spiro atoms. The molecule has 2 aromatic rings. The van der Waals surface area contributed by atoms with Gasteiger partial charge in [0.05, 0.1) is 0 Å².